The topological polar surface area (TPSA) is 96.3 Å². The van der Waals surface area contributed by atoms with Gasteiger partial charge in [-0.25, -0.2) is 8.42 Å². The fourth-order valence-electron chi connectivity index (χ4n) is 3.87. The van der Waals surface area contributed by atoms with E-state index in [9.17, 15) is 18.5 Å². The van der Waals surface area contributed by atoms with Crippen molar-refractivity contribution >= 4 is 26.6 Å². The maximum absolute atomic E-state index is 13.4. The summed E-state index contributed by atoms with van der Waals surface area (Å²) in [4.78, 5) is 13.8. The molecule has 1 atom stereocenters. The van der Waals surface area contributed by atoms with E-state index in [2.05, 4.69) is 4.98 Å². The minimum atomic E-state index is -3.83. The predicted molar refractivity (Wildman–Crippen MR) is 111 cm³/mol. The third kappa shape index (κ3) is 3.34. The molecule has 0 saturated heterocycles. The number of benzene rings is 2. The molecule has 0 spiro atoms. The summed E-state index contributed by atoms with van der Waals surface area (Å²) in [5.41, 5.74) is 3.87. The molecule has 2 heterocycles. The number of hydrogen-bond donors (Lipinski definition) is 1. The van der Waals surface area contributed by atoms with Crippen molar-refractivity contribution in [1.82, 2.24) is 9.29 Å². The van der Waals surface area contributed by atoms with Crippen LogP contribution in [0, 0.1) is 10.1 Å². The molecule has 0 aliphatic carbocycles. The van der Waals surface area contributed by atoms with Crippen molar-refractivity contribution in [3.05, 3.63) is 81.6 Å². The first-order chi connectivity index (χ1) is 13.8. The first-order valence-corrected chi connectivity index (χ1v) is 10.7. The van der Waals surface area contributed by atoms with Crippen LogP contribution < -0.4 is 0 Å². The van der Waals surface area contributed by atoms with Gasteiger partial charge in [-0.3, -0.25) is 10.1 Å². The minimum Gasteiger partial charge on any atom is -0.357 e. The van der Waals surface area contributed by atoms with Gasteiger partial charge in [0, 0.05) is 35.3 Å². The van der Waals surface area contributed by atoms with Crippen LogP contribution in [0.5, 0.6) is 0 Å². The van der Waals surface area contributed by atoms with Gasteiger partial charge in [-0.2, -0.15) is 4.31 Å². The molecule has 0 fully saturated rings. The number of nitrogens with zero attached hydrogens (tertiary/aromatic N) is 2. The summed E-state index contributed by atoms with van der Waals surface area (Å²) >= 11 is 0. The van der Waals surface area contributed by atoms with Crippen LogP contribution in [0.4, 0.5) is 5.69 Å². The molecule has 1 aromatic heterocycles. The highest BCUT2D eigenvalue weighted by molar-refractivity contribution is 7.89. The second kappa shape index (κ2) is 7.13. The van der Waals surface area contributed by atoms with Gasteiger partial charge in [0.1, 0.15) is 0 Å². The van der Waals surface area contributed by atoms with E-state index >= 15 is 0 Å². The number of nitro groups is 1. The number of hydrogen-bond acceptors (Lipinski definition) is 4. The Morgan fingerprint density at radius 1 is 1.17 bits per heavy atom. The van der Waals surface area contributed by atoms with E-state index in [1.54, 1.807) is 0 Å². The molecule has 0 bridgehead atoms. The Morgan fingerprint density at radius 3 is 2.52 bits per heavy atom. The molecule has 8 heteroatoms. The average molecular weight is 411 g/mol. The first-order valence-electron chi connectivity index (χ1n) is 9.30. The Hall–Kier alpha value is -2.97. The number of rotatable bonds is 4. The Bertz CT molecular complexity index is 1220. The van der Waals surface area contributed by atoms with Crippen LogP contribution >= 0.6 is 0 Å². The van der Waals surface area contributed by atoms with Crippen LogP contribution in [0.1, 0.15) is 31.1 Å². The van der Waals surface area contributed by atoms with Crippen molar-refractivity contribution in [2.75, 3.05) is 6.54 Å². The predicted octanol–water partition coefficient (Wildman–Crippen LogP) is 4.33. The SMILES string of the molecule is CC(C)=CC1c2[nH]c3ccccc3c2CCN1S(=O)(=O)c1ccc([N+](=O)[O-])cc1. The highest BCUT2D eigenvalue weighted by Gasteiger charge is 2.37. The summed E-state index contributed by atoms with van der Waals surface area (Å²) in [5, 5.41) is 12.0. The number of sulfonamides is 1. The van der Waals surface area contributed by atoms with Crippen molar-refractivity contribution in [2.45, 2.75) is 31.2 Å². The van der Waals surface area contributed by atoms with Gasteiger partial charge in [-0.1, -0.05) is 29.8 Å². The smallest absolute Gasteiger partial charge is 0.269 e. The van der Waals surface area contributed by atoms with Crippen LogP contribution in [-0.2, 0) is 16.4 Å². The van der Waals surface area contributed by atoms with Gasteiger partial charge in [0.05, 0.1) is 15.9 Å². The Morgan fingerprint density at radius 2 is 1.86 bits per heavy atom. The van der Waals surface area contributed by atoms with E-state index in [-0.39, 0.29) is 10.6 Å². The standard InChI is InChI=1S/C21H21N3O4S/c1-14(2)13-20-21-18(17-5-3-4-6-19(17)22-21)11-12-23(20)29(27,28)16-9-7-15(8-10-16)24(25)26/h3-10,13,20,22H,11-12H2,1-2H3. The molecule has 3 aromatic rings. The van der Waals surface area contributed by atoms with Gasteiger partial charge in [-0.15, -0.1) is 0 Å². The van der Waals surface area contributed by atoms with E-state index in [0.29, 0.717) is 13.0 Å². The van der Waals surface area contributed by atoms with Crippen LogP contribution in [0.15, 0.2) is 65.1 Å². The number of allylic oxidation sites excluding steroid dienone is 1. The molecule has 0 amide bonds. The zero-order valence-electron chi connectivity index (χ0n) is 16.1. The van der Waals surface area contributed by atoms with Crippen LogP contribution in [0.2, 0.25) is 0 Å². The lowest BCUT2D eigenvalue weighted by Crippen LogP contribution is -2.39. The van der Waals surface area contributed by atoms with Crippen molar-refractivity contribution < 1.29 is 13.3 Å². The fraction of sp³-hybridized carbons (Fsp3) is 0.238. The number of fused-ring (bicyclic) bond motifs is 3. The Labute approximate surface area is 168 Å². The number of aromatic nitrogens is 1. The molecule has 1 N–H and O–H groups in total. The lowest BCUT2D eigenvalue weighted by molar-refractivity contribution is -0.384. The fourth-order valence-corrected chi connectivity index (χ4v) is 5.42. The van der Waals surface area contributed by atoms with Crippen molar-refractivity contribution in [3.8, 4) is 0 Å². The highest BCUT2D eigenvalue weighted by Crippen LogP contribution is 2.38. The second-order valence-electron chi connectivity index (χ2n) is 7.37. The van der Waals surface area contributed by atoms with Gasteiger partial charge in [0.2, 0.25) is 10.0 Å². The van der Waals surface area contributed by atoms with E-state index in [1.165, 1.54) is 28.6 Å². The quantitative estimate of drug-likeness (QED) is 0.393. The zero-order chi connectivity index (χ0) is 20.8. The van der Waals surface area contributed by atoms with Crippen LogP contribution in [0.25, 0.3) is 10.9 Å². The number of H-pyrrole nitrogens is 1. The molecule has 1 aliphatic heterocycles. The maximum atomic E-state index is 13.4. The van der Waals surface area contributed by atoms with E-state index in [1.807, 2.05) is 44.2 Å². The van der Waals surface area contributed by atoms with Gasteiger partial charge in [0.25, 0.3) is 5.69 Å². The molecule has 0 radical (unpaired) electrons. The summed E-state index contributed by atoms with van der Waals surface area (Å²) in [6.45, 7) is 4.21. The normalized spacial score (nSPS) is 17.1. The van der Waals surface area contributed by atoms with E-state index in [0.717, 1.165) is 27.7 Å². The summed E-state index contributed by atoms with van der Waals surface area (Å²) in [7, 11) is -3.83. The Kier molecular flexibility index (Phi) is 4.76. The maximum Gasteiger partial charge on any atom is 0.269 e. The third-order valence-corrected chi connectivity index (χ3v) is 7.08. The van der Waals surface area contributed by atoms with E-state index < -0.39 is 21.0 Å². The molecule has 0 saturated carbocycles. The van der Waals surface area contributed by atoms with Crippen LogP contribution in [-0.4, -0.2) is 29.2 Å². The summed E-state index contributed by atoms with van der Waals surface area (Å²) in [6, 6.07) is 12.5. The number of nitro benzene ring substituents is 1. The van der Waals surface area contributed by atoms with Crippen molar-refractivity contribution in [1.29, 1.82) is 0 Å². The molecule has 1 aliphatic rings. The van der Waals surface area contributed by atoms with Gasteiger partial charge in [0.15, 0.2) is 0 Å². The molecule has 2 aromatic carbocycles. The van der Waals surface area contributed by atoms with Gasteiger partial charge >= 0.3 is 0 Å². The monoisotopic (exact) mass is 411 g/mol. The van der Waals surface area contributed by atoms with Crippen molar-refractivity contribution in [3.63, 3.8) is 0 Å². The van der Waals surface area contributed by atoms with E-state index in [4.69, 9.17) is 0 Å². The summed E-state index contributed by atoms with van der Waals surface area (Å²) < 4.78 is 28.3. The van der Waals surface area contributed by atoms with Gasteiger partial charge in [-0.05, 0) is 44.0 Å². The highest BCUT2D eigenvalue weighted by atomic mass is 32.2. The van der Waals surface area contributed by atoms with Crippen LogP contribution in [0.3, 0.4) is 0 Å². The summed E-state index contributed by atoms with van der Waals surface area (Å²) in [6.07, 6.45) is 2.54. The van der Waals surface area contributed by atoms with Crippen molar-refractivity contribution in [2.24, 2.45) is 0 Å². The number of non-ortho nitro benzene ring substituents is 1. The lowest BCUT2D eigenvalue weighted by atomic mass is 9.98. The average Bonchev–Trinajstić information content (AvgIpc) is 3.07. The summed E-state index contributed by atoms with van der Waals surface area (Å²) in [5.74, 6) is 0. The molecule has 7 nitrogen and oxygen atoms in total. The molecule has 29 heavy (non-hydrogen) atoms. The van der Waals surface area contributed by atoms with Gasteiger partial charge < -0.3 is 4.98 Å². The molecule has 1 unspecified atom stereocenters. The minimum absolute atomic E-state index is 0.0508. The largest absolute Gasteiger partial charge is 0.357 e. The number of para-hydroxylation sites is 1. The molecule has 150 valence electrons. The third-order valence-electron chi connectivity index (χ3n) is 5.18. The molecule has 4 rings (SSSR count). The number of aromatic amines is 1. The Balaban J connectivity index is 1.82. The second-order valence-corrected chi connectivity index (χ2v) is 9.26. The zero-order valence-corrected chi connectivity index (χ0v) is 16.9. The lowest BCUT2D eigenvalue weighted by Gasteiger charge is -2.33. The molecular formula is C21H21N3O4S. The first kappa shape index (κ1) is 19.4. The number of nitrogens with one attached hydrogen (secondary N) is 1. The molecular weight excluding hydrogens is 390 g/mol.